The lowest BCUT2D eigenvalue weighted by molar-refractivity contribution is -0.122. The van der Waals surface area contributed by atoms with Crippen molar-refractivity contribution in [2.45, 2.75) is 13.0 Å². The standard InChI is InChI=1S/C23H26ClFN4O3S/c1-31-21-13-17(24)5-8-19(21)28-23-29(11-2-9-27-10-12-32-14-22(26)30)20(15-33-23)16-3-6-18(25)7-4-16/h3-8,13,15,27H,2,9-12,14H2,1H3,(H2,26,30). The number of hydrogen-bond acceptors (Lipinski definition) is 6. The van der Waals surface area contributed by atoms with Gasteiger partial charge in [0.05, 0.1) is 19.4 Å². The van der Waals surface area contributed by atoms with Crippen LogP contribution in [0.5, 0.6) is 5.75 Å². The number of methoxy groups -OCH3 is 1. The molecule has 0 aliphatic rings. The first-order chi connectivity index (χ1) is 16.0. The number of benzene rings is 2. The summed E-state index contributed by atoms with van der Waals surface area (Å²) in [6.07, 6.45) is 0.825. The number of nitrogens with one attached hydrogen (secondary N) is 1. The minimum Gasteiger partial charge on any atom is -0.494 e. The number of ether oxygens (including phenoxy) is 2. The van der Waals surface area contributed by atoms with Crippen LogP contribution in [0.1, 0.15) is 6.42 Å². The zero-order valence-corrected chi connectivity index (χ0v) is 19.8. The molecule has 0 atom stereocenters. The van der Waals surface area contributed by atoms with Crippen LogP contribution >= 0.6 is 22.9 Å². The molecule has 10 heteroatoms. The van der Waals surface area contributed by atoms with Gasteiger partial charge in [0.15, 0.2) is 4.80 Å². The fraction of sp³-hybridized carbons (Fsp3) is 0.304. The van der Waals surface area contributed by atoms with Crippen LogP contribution in [0.2, 0.25) is 5.02 Å². The molecule has 1 amide bonds. The maximum absolute atomic E-state index is 13.4. The normalized spacial score (nSPS) is 11.7. The van der Waals surface area contributed by atoms with Gasteiger partial charge in [-0.15, -0.1) is 11.3 Å². The molecule has 0 bridgehead atoms. The van der Waals surface area contributed by atoms with Crippen molar-refractivity contribution < 1.29 is 18.7 Å². The Hall–Kier alpha value is -2.72. The molecular weight excluding hydrogens is 467 g/mol. The van der Waals surface area contributed by atoms with Crippen molar-refractivity contribution in [3.05, 3.63) is 63.5 Å². The van der Waals surface area contributed by atoms with Gasteiger partial charge in [0.1, 0.15) is 23.9 Å². The van der Waals surface area contributed by atoms with E-state index in [1.54, 1.807) is 31.4 Å². The van der Waals surface area contributed by atoms with Gasteiger partial charge in [-0.2, -0.15) is 0 Å². The third-order valence-corrected chi connectivity index (χ3v) is 5.80. The molecule has 3 rings (SSSR count). The van der Waals surface area contributed by atoms with E-state index in [0.717, 1.165) is 29.0 Å². The van der Waals surface area contributed by atoms with Crippen molar-refractivity contribution in [3.8, 4) is 17.0 Å². The van der Waals surface area contributed by atoms with E-state index >= 15 is 0 Å². The Labute approximate surface area is 200 Å². The summed E-state index contributed by atoms with van der Waals surface area (Å²) in [7, 11) is 1.58. The third kappa shape index (κ3) is 7.40. The summed E-state index contributed by atoms with van der Waals surface area (Å²) >= 11 is 7.58. The van der Waals surface area contributed by atoms with Crippen molar-refractivity contribution in [3.63, 3.8) is 0 Å². The Morgan fingerprint density at radius 3 is 2.76 bits per heavy atom. The highest BCUT2D eigenvalue weighted by atomic mass is 35.5. The predicted molar refractivity (Wildman–Crippen MR) is 128 cm³/mol. The number of amides is 1. The number of aromatic nitrogens is 1. The molecule has 0 aliphatic heterocycles. The fourth-order valence-electron chi connectivity index (χ4n) is 3.14. The van der Waals surface area contributed by atoms with Gasteiger partial charge in [-0.3, -0.25) is 4.79 Å². The van der Waals surface area contributed by atoms with Crippen molar-refractivity contribution in [1.29, 1.82) is 0 Å². The van der Waals surface area contributed by atoms with Crippen molar-refractivity contribution in [2.24, 2.45) is 10.7 Å². The van der Waals surface area contributed by atoms with Crippen LogP contribution in [-0.4, -0.2) is 43.9 Å². The van der Waals surface area contributed by atoms with Crippen LogP contribution in [0.15, 0.2) is 52.8 Å². The lowest BCUT2D eigenvalue weighted by Crippen LogP contribution is -2.26. The number of hydrogen-bond donors (Lipinski definition) is 2. The number of nitrogens with zero attached hydrogens (tertiary/aromatic N) is 2. The molecule has 33 heavy (non-hydrogen) atoms. The maximum atomic E-state index is 13.4. The molecule has 0 saturated heterocycles. The second-order valence-electron chi connectivity index (χ2n) is 7.11. The minimum atomic E-state index is -0.481. The van der Waals surface area contributed by atoms with Gasteiger partial charge in [-0.1, -0.05) is 11.6 Å². The lowest BCUT2D eigenvalue weighted by atomic mass is 10.1. The molecule has 2 aromatic carbocycles. The summed E-state index contributed by atoms with van der Waals surface area (Å²) in [5.74, 6) is -0.173. The summed E-state index contributed by atoms with van der Waals surface area (Å²) in [5, 5.41) is 5.87. The van der Waals surface area contributed by atoms with Gasteiger partial charge in [0.2, 0.25) is 5.91 Å². The minimum absolute atomic E-state index is 0.0769. The van der Waals surface area contributed by atoms with E-state index in [0.29, 0.717) is 36.2 Å². The molecule has 0 aliphatic carbocycles. The first-order valence-corrected chi connectivity index (χ1v) is 11.6. The molecule has 1 aromatic heterocycles. The zero-order valence-electron chi connectivity index (χ0n) is 18.2. The summed E-state index contributed by atoms with van der Waals surface area (Å²) < 4.78 is 26.1. The molecule has 0 radical (unpaired) electrons. The Bertz CT molecular complexity index is 1130. The Balaban J connectivity index is 1.78. The molecule has 3 N–H and O–H groups in total. The van der Waals surface area contributed by atoms with E-state index in [2.05, 4.69) is 9.88 Å². The Kier molecular flexibility index (Phi) is 9.44. The number of halogens is 2. The summed E-state index contributed by atoms with van der Waals surface area (Å²) in [4.78, 5) is 16.3. The number of rotatable bonds is 12. The number of primary amides is 1. The van der Waals surface area contributed by atoms with Gasteiger partial charge in [0.25, 0.3) is 0 Å². The van der Waals surface area contributed by atoms with Gasteiger partial charge >= 0.3 is 0 Å². The summed E-state index contributed by atoms with van der Waals surface area (Å²) in [6, 6.07) is 11.7. The SMILES string of the molecule is COc1cc(Cl)ccc1N=c1scc(-c2ccc(F)cc2)n1CCCNCCOCC(N)=O. The lowest BCUT2D eigenvalue weighted by Gasteiger charge is -2.11. The molecule has 0 fully saturated rings. The number of carbonyl (C=O) groups excluding carboxylic acids is 1. The highest BCUT2D eigenvalue weighted by molar-refractivity contribution is 7.07. The fourth-order valence-corrected chi connectivity index (χ4v) is 4.25. The molecule has 0 spiro atoms. The predicted octanol–water partition coefficient (Wildman–Crippen LogP) is 3.73. The van der Waals surface area contributed by atoms with Gasteiger partial charge < -0.3 is 25.1 Å². The molecule has 176 valence electrons. The Morgan fingerprint density at radius 2 is 2.03 bits per heavy atom. The van der Waals surface area contributed by atoms with Gasteiger partial charge in [-0.25, -0.2) is 9.38 Å². The number of carbonyl (C=O) groups is 1. The molecule has 0 saturated carbocycles. The summed E-state index contributed by atoms with van der Waals surface area (Å²) in [6.45, 7) is 2.39. The number of nitrogens with two attached hydrogens (primary N) is 1. The van der Waals surface area contributed by atoms with E-state index in [9.17, 15) is 9.18 Å². The maximum Gasteiger partial charge on any atom is 0.243 e. The highest BCUT2D eigenvalue weighted by Crippen LogP contribution is 2.30. The first-order valence-electron chi connectivity index (χ1n) is 10.4. The van der Waals surface area contributed by atoms with Gasteiger partial charge in [-0.05, 0) is 54.9 Å². The van der Waals surface area contributed by atoms with E-state index in [1.165, 1.54) is 23.5 Å². The number of thiazole rings is 1. The van der Waals surface area contributed by atoms with E-state index in [-0.39, 0.29) is 12.4 Å². The van der Waals surface area contributed by atoms with E-state index in [1.807, 2.05) is 11.4 Å². The molecule has 7 nitrogen and oxygen atoms in total. The smallest absolute Gasteiger partial charge is 0.243 e. The van der Waals surface area contributed by atoms with Crippen LogP contribution in [0.4, 0.5) is 10.1 Å². The van der Waals surface area contributed by atoms with Crippen LogP contribution in [-0.2, 0) is 16.1 Å². The average Bonchev–Trinajstić information content (AvgIpc) is 3.19. The highest BCUT2D eigenvalue weighted by Gasteiger charge is 2.10. The van der Waals surface area contributed by atoms with E-state index in [4.69, 9.17) is 31.8 Å². The van der Waals surface area contributed by atoms with Crippen molar-refractivity contribution in [2.75, 3.05) is 33.4 Å². The first kappa shape index (κ1) is 24.9. The van der Waals surface area contributed by atoms with Crippen LogP contribution in [0, 0.1) is 5.82 Å². The topological polar surface area (TPSA) is 90.9 Å². The monoisotopic (exact) mass is 492 g/mol. The van der Waals surface area contributed by atoms with Crippen LogP contribution in [0.3, 0.4) is 0 Å². The largest absolute Gasteiger partial charge is 0.494 e. The van der Waals surface area contributed by atoms with Crippen molar-refractivity contribution in [1.82, 2.24) is 9.88 Å². The summed E-state index contributed by atoms with van der Waals surface area (Å²) in [5.41, 5.74) is 7.58. The quantitative estimate of drug-likeness (QED) is 0.377. The zero-order chi connectivity index (χ0) is 23.6. The third-order valence-electron chi connectivity index (χ3n) is 4.70. The molecular formula is C23H26ClFN4O3S. The van der Waals surface area contributed by atoms with Crippen molar-refractivity contribution >= 4 is 34.5 Å². The molecule has 3 aromatic rings. The van der Waals surface area contributed by atoms with Gasteiger partial charge in [0, 0.05) is 29.6 Å². The van der Waals surface area contributed by atoms with Crippen LogP contribution < -0.4 is 20.6 Å². The average molecular weight is 493 g/mol. The van der Waals surface area contributed by atoms with Crippen LogP contribution in [0.25, 0.3) is 11.3 Å². The second-order valence-corrected chi connectivity index (χ2v) is 8.39. The molecule has 1 heterocycles. The second kappa shape index (κ2) is 12.5. The van der Waals surface area contributed by atoms with E-state index < -0.39 is 5.91 Å². The Morgan fingerprint density at radius 1 is 1.24 bits per heavy atom. The molecule has 0 unspecified atom stereocenters.